The van der Waals surface area contributed by atoms with Gasteiger partial charge < -0.3 is 5.11 Å². The van der Waals surface area contributed by atoms with Crippen LogP contribution in [0.2, 0.25) is 5.02 Å². The summed E-state index contributed by atoms with van der Waals surface area (Å²) in [7, 11) is 0. The summed E-state index contributed by atoms with van der Waals surface area (Å²) in [5, 5.41) is 10.5. The molecular weight excluding hydrogens is 282 g/mol. The van der Waals surface area contributed by atoms with Gasteiger partial charge in [0.25, 0.3) is 0 Å². The Bertz CT molecular complexity index is 643. The first-order chi connectivity index (χ1) is 9.04. The van der Waals surface area contributed by atoms with Gasteiger partial charge in [-0.3, -0.25) is 4.79 Å². The molecule has 1 heterocycles. The Morgan fingerprint density at radius 1 is 1.47 bits per heavy atom. The minimum Gasteiger partial charge on any atom is -0.481 e. The summed E-state index contributed by atoms with van der Waals surface area (Å²) in [5.41, 5.74) is 3.06. The molecule has 0 aliphatic heterocycles. The molecule has 2 rings (SSSR count). The second-order valence-electron chi connectivity index (χ2n) is 4.26. The molecule has 5 heteroatoms. The molecule has 0 bridgehead atoms. The lowest BCUT2D eigenvalue weighted by molar-refractivity contribution is -0.355. The Kier molecular flexibility index (Phi) is 4.32. The number of para-hydroxylation sites is 1. The zero-order valence-electron chi connectivity index (χ0n) is 10.8. The highest BCUT2D eigenvalue weighted by Gasteiger charge is 2.19. The van der Waals surface area contributed by atoms with Crippen LogP contribution in [0.3, 0.4) is 0 Å². The van der Waals surface area contributed by atoms with E-state index in [1.807, 2.05) is 25.1 Å². The predicted molar refractivity (Wildman–Crippen MR) is 78.0 cm³/mol. The fourth-order valence-electron chi connectivity index (χ4n) is 2.16. The van der Waals surface area contributed by atoms with Gasteiger partial charge in [0.1, 0.15) is 5.02 Å². The van der Waals surface area contributed by atoms with Gasteiger partial charge in [-0.25, -0.2) is 4.98 Å². The maximum atomic E-state index is 10.8. The number of carboxylic acids is 1. The van der Waals surface area contributed by atoms with E-state index < -0.39 is 5.97 Å². The fraction of sp³-hybridized carbons (Fsp3) is 0.286. The fourth-order valence-corrected chi connectivity index (χ4v) is 3.45. The highest BCUT2D eigenvalue weighted by atomic mass is 35.5. The predicted octanol–water partition coefficient (Wildman–Crippen LogP) is 3.35. The Morgan fingerprint density at radius 2 is 2.21 bits per heavy atom. The SMILES string of the molecule is CCc1c(C)[nH+]c2c(Cl)cccc2c1SCC(=O)O. The van der Waals surface area contributed by atoms with Crippen molar-refractivity contribution in [2.24, 2.45) is 0 Å². The molecule has 2 N–H and O–H groups in total. The number of rotatable bonds is 4. The molecule has 0 saturated carbocycles. The number of fused-ring (bicyclic) bond motifs is 1. The minimum absolute atomic E-state index is 0.0536. The monoisotopic (exact) mass is 296 g/mol. The summed E-state index contributed by atoms with van der Waals surface area (Å²) in [6, 6.07) is 5.69. The van der Waals surface area contributed by atoms with E-state index in [0.717, 1.165) is 33.5 Å². The number of H-pyrrole nitrogens is 1. The number of thioether (sulfide) groups is 1. The third-order valence-electron chi connectivity index (χ3n) is 2.99. The first-order valence-electron chi connectivity index (χ1n) is 6.02. The number of nitrogens with one attached hydrogen (secondary N) is 1. The molecule has 3 nitrogen and oxygen atoms in total. The summed E-state index contributed by atoms with van der Waals surface area (Å²) in [6.45, 7) is 4.06. The van der Waals surface area contributed by atoms with E-state index in [9.17, 15) is 4.79 Å². The van der Waals surface area contributed by atoms with Crippen molar-refractivity contribution in [3.63, 3.8) is 0 Å². The molecule has 19 heavy (non-hydrogen) atoms. The van der Waals surface area contributed by atoms with E-state index in [1.54, 1.807) is 0 Å². The van der Waals surface area contributed by atoms with E-state index in [1.165, 1.54) is 11.8 Å². The molecule has 0 fully saturated rings. The van der Waals surface area contributed by atoms with Gasteiger partial charge in [-0.15, -0.1) is 11.8 Å². The number of carbonyl (C=O) groups is 1. The molecule has 0 saturated heterocycles. The average molecular weight is 297 g/mol. The number of halogens is 1. The zero-order chi connectivity index (χ0) is 14.0. The van der Waals surface area contributed by atoms with Crippen molar-refractivity contribution in [1.29, 1.82) is 0 Å². The normalized spacial score (nSPS) is 10.9. The van der Waals surface area contributed by atoms with Crippen LogP contribution in [0.5, 0.6) is 0 Å². The van der Waals surface area contributed by atoms with E-state index >= 15 is 0 Å². The van der Waals surface area contributed by atoms with Crippen LogP contribution < -0.4 is 4.98 Å². The lowest BCUT2D eigenvalue weighted by Gasteiger charge is -2.09. The third-order valence-corrected chi connectivity index (χ3v) is 4.45. The maximum Gasteiger partial charge on any atom is 0.313 e. The molecule has 0 amide bonds. The quantitative estimate of drug-likeness (QED) is 0.880. The number of aliphatic carboxylic acids is 1. The Labute approximate surface area is 121 Å². The molecule has 1 aromatic heterocycles. The van der Waals surface area contributed by atoms with Crippen molar-refractivity contribution in [3.8, 4) is 0 Å². The van der Waals surface area contributed by atoms with Gasteiger partial charge in [-0.1, -0.05) is 24.6 Å². The highest BCUT2D eigenvalue weighted by molar-refractivity contribution is 8.00. The highest BCUT2D eigenvalue weighted by Crippen LogP contribution is 2.33. The van der Waals surface area contributed by atoms with Crippen molar-refractivity contribution in [2.75, 3.05) is 5.75 Å². The van der Waals surface area contributed by atoms with Gasteiger partial charge in [-0.05, 0) is 18.6 Å². The van der Waals surface area contributed by atoms with Crippen LogP contribution in [0.1, 0.15) is 18.2 Å². The number of hydrogen-bond donors (Lipinski definition) is 1. The number of aromatic nitrogens is 1. The first-order valence-corrected chi connectivity index (χ1v) is 7.38. The van der Waals surface area contributed by atoms with Gasteiger partial charge in [-0.2, -0.15) is 0 Å². The van der Waals surface area contributed by atoms with Crippen LogP contribution in [-0.4, -0.2) is 16.8 Å². The van der Waals surface area contributed by atoms with Crippen LogP contribution in [0, 0.1) is 6.92 Å². The number of hydrogen-bond acceptors (Lipinski definition) is 2. The number of benzene rings is 1. The second kappa shape index (κ2) is 5.80. The molecule has 100 valence electrons. The topological polar surface area (TPSA) is 51.4 Å². The Morgan fingerprint density at radius 3 is 2.84 bits per heavy atom. The lowest BCUT2D eigenvalue weighted by atomic mass is 10.1. The van der Waals surface area contributed by atoms with Gasteiger partial charge in [0, 0.05) is 17.4 Å². The van der Waals surface area contributed by atoms with E-state index in [2.05, 4.69) is 11.9 Å². The number of aryl methyl sites for hydroxylation is 1. The number of carboxylic acid groups (broad SMARTS) is 1. The number of aromatic amines is 1. The van der Waals surface area contributed by atoms with Crippen molar-refractivity contribution in [3.05, 3.63) is 34.5 Å². The Hall–Kier alpha value is -1.26. The van der Waals surface area contributed by atoms with Crippen LogP contribution >= 0.6 is 23.4 Å². The van der Waals surface area contributed by atoms with E-state index in [0.29, 0.717) is 5.02 Å². The lowest BCUT2D eigenvalue weighted by Crippen LogP contribution is -2.14. The molecule has 2 aromatic rings. The molecule has 0 atom stereocenters. The second-order valence-corrected chi connectivity index (χ2v) is 5.65. The summed E-state index contributed by atoms with van der Waals surface area (Å²) in [4.78, 5) is 15.1. The summed E-state index contributed by atoms with van der Waals surface area (Å²) >= 11 is 7.56. The van der Waals surface area contributed by atoms with Gasteiger partial charge in [0.2, 0.25) is 5.52 Å². The zero-order valence-corrected chi connectivity index (χ0v) is 12.4. The maximum absolute atomic E-state index is 10.8. The van der Waals surface area contributed by atoms with Gasteiger partial charge >= 0.3 is 5.97 Å². The first kappa shape index (κ1) is 14.2. The Balaban J connectivity index is 2.68. The third kappa shape index (κ3) is 2.85. The van der Waals surface area contributed by atoms with Crippen LogP contribution in [0.4, 0.5) is 0 Å². The van der Waals surface area contributed by atoms with Crippen molar-refractivity contribution < 1.29 is 14.9 Å². The van der Waals surface area contributed by atoms with Crippen LogP contribution in [0.15, 0.2) is 23.1 Å². The molecule has 0 unspecified atom stereocenters. The van der Waals surface area contributed by atoms with E-state index in [-0.39, 0.29) is 5.75 Å². The average Bonchev–Trinajstić information content (AvgIpc) is 2.36. The van der Waals surface area contributed by atoms with Crippen LogP contribution in [0.25, 0.3) is 10.9 Å². The summed E-state index contributed by atoms with van der Waals surface area (Å²) < 4.78 is 0. The van der Waals surface area contributed by atoms with E-state index in [4.69, 9.17) is 16.7 Å². The molecular formula is C14H15ClNO2S+. The van der Waals surface area contributed by atoms with Crippen molar-refractivity contribution >= 4 is 40.2 Å². The van der Waals surface area contributed by atoms with Gasteiger partial charge in [0.15, 0.2) is 5.69 Å². The minimum atomic E-state index is -0.812. The summed E-state index contributed by atoms with van der Waals surface area (Å²) in [5.74, 6) is -0.759. The molecule has 0 aliphatic rings. The van der Waals surface area contributed by atoms with Crippen molar-refractivity contribution in [1.82, 2.24) is 0 Å². The molecule has 0 aliphatic carbocycles. The van der Waals surface area contributed by atoms with Crippen molar-refractivity contribution in [2.45, 2.75) is 25.2 Å². The molecule has 1 aromatic carbocycles. The van der Waals surface area contributed by atoms with Crippen LogP contribution in [-0.2, 0) is 11.2 Å². The number of pyridine rings is 1. The largest absolute Gasteiger partial charge is 0.481 e. The van der Waals surface area contributed by atoms with Gasteiger partial charge in [0.05, 0.1) is 11.1 Å². The molecule has 0 radical (unpaired) electrons. The molecule has 0 spiro atoms. The standard InChI is InChI=1S/C14H14ClNO2S/c1-3-9-8(2)16-13-10(5-4-6-11(13)15)14(9)19-7-12(17)18/h4-6H,3,7H2,1-2H3,(H,17,18)/p+1. The summed E-state index contributed by atoms with van der Waals surface area (Å²) in [6.07, 6.45) is 0.854. The smallest absolute Gasteiger partial charge is 0.313 e.